The van der Waals surface area contributed by atoms with Crippen LogP contribution in [0.4, 0.5) is 8.78 Å². The molecule has 25 heavy (non-hydrogen) atoms. The van der Waals surface area contributed by atoms with E-state index in [1.165, 1.54) is 11.6 Å². The fourth-order valence-electron chi connectivity index (χ4n) is 3.04. The molecule has 1 amide bonds. The zero-order valence-electron chi connectivity index (χ0n) is 13.7. The Balaban J connectivity index is 1.56. The number of β-amino-alcohol motifs (C(OH)–C–C–N with tert-alkyl or cyclic N) is 1. The molecule has 4 nitrogen and oxygen atoms in total. The first kappa shape index (κ1) is 17.5. The Morgan fingerprint density at radius 3 is 2.60 bits per heavy atom. The normalized spacial score (nSPS) is 21.1. The first-order valence-electron chi connectivity index (χ1n) is 8.23. The monoisotopic (exact) mass is 346 g/mol. The fourth-order valence-corrected chi connectivity index (χ4v) is 3.04. The van der Waals surface area contributed by atoms with Crippen molar-refractivity contribution >= 4 is 5.91 Å². The molecule has 1 fully saturated rings. The van der Waals surface area contributed by atoms with Crippen LogP contribution in [0.5, 0.6) is 0 Å². The van der Waals surface area contributed by atoms with Crippen molar-refractivity contribution in [1.29, 1.82) is 0 Å². The first-order valence-corrected chi connectivity index (χ1v) is 8.23. The summed E-state index contributed by atoms with van der Waals surface area (Å²) in [5.41, 5.74) is 1.21. The average Bonchev–Trinajstić information content (AvgIpc) is 2.60. The lowest BCUT2D eigenvalue weighted by Gasteiger charge is -2.36. The minimum atomic E-state index is -1.06. The van der Waals surface area contributed by atoms with Crippen molar-refractivity contribution in [3.8, 4) is 0 Å². The van der Waals surface area contributed by atoms with Crippen LogP contribution in [0.25, 0.3) is 0 Å². The van der Waals surface area contributed by atoms with Crippen LogP contribution in [0, 0.1) is 11.6 Å². The zero-order valence-corrected chi connectivity index (χ0v) is 13.7. The predicted molar refractivity (Wildman–Crippen MR) is 90.0 cm³/mol. The maximum absolute atomic E-state index is 13.2. The second kappa shape index (κ2) is 7.72. The van der Waals surface area contributed by atoms with Gasteiger partial charge >= 0.3 is 0 Å². The fraction of sp³-hybridized carbons (Fsp3) is 0.316. The number of nitrogens with zero attached hydrogens (tertiary/aromatic N) is 1. The number of aliphatic hydroxyl groups is 1. The van der Waals surface area contributed by atoms with Gasteiger partial charge in [0.15, 0.2) is 11.6 Å². The summed E-state index contributed by atoms with van der Waals surface area (Å²) in [6.45, 7) is 1.91. The molecule has 1 aliphatic heterocycles. The number of rotatable bonds is 4. The molecule has 3 rings (SSSR count). The molecule has 0 saturated carbocycles. The Labute approximate surface area is 145 Å². The highest BCUT2D eigenvalue weighted by atomic mass is 19.2. The molecule has 2 unspecified atom stereocenters. The van der Waals surface area contributed by atoms with Gasteiger partial charge < -0.3 is 10.4 Å². The van der Waals surface area contributed by atoms with E-state index in [0.29, 0.717) is 13.0 Å². The highest BCUT2D eigenvalue weighted by molar-refractivity contribution is 5.94. The summed E-state index contributed by atoms with van der Waals surface area (Å²) >= 11 is 0. The lowest BCUT2D eigenvalue weighted by Crippen LogP contribution is -2.53. The summed E-state index contributed by atoms with van der Waals surface area (Å²) in [7, 11) is 0. The van der Waals surface area contributed by atoms with Crippen LogP contribution in [0.3, 0.4) is 0 Å². The molecule has 0 radical (unpaired) electrons. The lowest BCUT2D eigenvalue weighted by molar-refractivity contribution is 0.0349. The lowest BCUT2D eigenvalue weighted by atomic mass is 10.0. The topological polar surface area (TPSA) is 52.6 Å². The molecular formula is C19H20F2N2O2. The highest BCUT2D eigenvalue weighted by Gasteiger charge is 2.29. The van der Waals surface area contributed by atoms with Crippen molar-refractivity contribution in [2.45, 2.75) is 25.1 Å². The summed E-state index contributed by atoms with van der Waals surface area (Å²) in [4.78, 5) is 14.3. The predicted octanol–water partition coefficient (Wildman–Crippen LogP) is 2.33. The second-order valence-corrected chi connectivity index (χ2v) is 6.29. The van der Waals surface area contributed by atoms with E-state index in [0.717, 1.165) is 25.2 Å². The van der Waals surface area contributed by atoms with Crippen molar-refractivity contribution in [3.63, 3.8) is 0 Å². The van der Waals surface area contributed by atoms with Gasteiger partial charge in [-0.05, 0) is 30.2 Å². The van der Waals surface area contributed by atoms with Gasteiger partial charge in [-0.2, -0.15) is 0 Å². The Hall–Kier alpha value is -2.31. The van der Waals surface area contributed by atoms with Crippen molar-refractivity contribution in [3.05, 3.63) is 71.3 Å². The van der Waals surface area contributed by atoms with Gasteiger partial charge in [0.25, 0.3) is 5.91 Å². The molecular weight excluding hydrogens is 326 g/mol. The number of likely N-dealkylation sites (tertiary alicyclic amines) is 1. The molecule has 0 spiro atoms. The van der Waals surface area contributed by atoms with Crippen LogP contribution in [-0.4, -0.2) is 41.1 Å². The quantitative estimate of drug-likeness (QED) is 0.893. The summed E-state index contributed by atoms with van der Waals surface area (Å²) in [5, 5.41) is 13.0. The summed E-state index contributed by atoms with van der Waals surface area (Å²) in [6, 6.07) is 12.6. The number of halogens is 2. The number of hydrogen-bond acceptors (Lipinski definition) is 3. The second-order valence-electron chi connectivity index (χ2n) is 6.29. The molecule has 2 aromatic rings. The number of nitrogens with one attached hydrogen (secondary N) is 1. The summed E-state index contributed by atoms with van der Waals surface area (Å²) in [6.07, 6.45) is -0.129. The SMILES string of the molecule is O=C(NC1CCN(Cc2ccccc2)CC1O)c1ccc(F)c(F)c1. The standard InChI is InChI=1S/C19H20F2N2O2/c20-15-7-6-14(10-16(15)21)19(25)22-17-8-9-23(12-18(17)24)11-13-4-2-1-3-5-13/h1-7,10,17-18,24H,8-9,11-12H2,(H,22,25). The molecule has 2 N–H and O–H groups in total. The van der Waals surface area contributed by atoms with Crippen LogP contribution in [-0.2, 0) is 6.54 Å². The molecule has 0 aliphatic carbocycles. The van der Waals surface area contributed by atoms with Crippen molar-refractivity contribution in [1.82, 2.24) is 10.2 Å². The van der Waals surface area contributed by atoms with E-state index >= 15 is 0 Å². The van der Waals surface area contributed by atoms with Crippen LogP contribution >= 0.6 is 0 Å². The van der Waals surface area contributed by atoms with E-state index in [2.05, 4.69) is 10.2 Å². The third-order valence-electron chi connectivity index (χ3n) is 4.41. The Bertz CT molecular complexity index is 739. The molecule has 2 atom stereocenters. The number of carbonyl (C=O) groups is 1. The number of amides is 1. The van der Waals surface area contributed by atoms with E-state index in [1.54, 1.807) is 0 Å². The number of hydrogen-bond donors (Lipinski definition) is 2. The van der Waals surface area contributed by atoms with Gasteiger partial charge in [0, 0.05) is 25.2 Å². The van der Waals surface area contributed by atoms with Crippen molar-refractivity contribution in [2.24, 2.45) is 0 Å². The third kappa shape index (κ3) is 4.41. The van der Waals surface area contributed by atoms with Gasteiger partial charge in [0.05, 0.1) is 12.1 Å². The van der Waals surface area contributed by atoms with Gasteiger partial charge in [-0.3, -0.25) is 9.69 Å². The van der Waals surface area contributed by atoms with Gasteiger partial charge in [0.2, 0.25) is 0 Å². The average molecular weight is 346 g/mol. The zero-order chi connectivity index (χ0) is 17.8. The number of aliphatic hydroxyl groups excluding tert-OH is 1. The van der Waals surface area contributed by atoms with Crippen LogP contribution in [0.1, 0.15) is 22.3 Å². The van der Waals surface area contributed by atoms with Crippen LogP contribution in [0.2, 0.25) is 0 Å². The molecule has 1 saturated heterocycles. The van der Waals surface area contributed by atoms with Crippen molar-refractivity contribution < 1.29 is 18.7 Å². The molecule has 132 valence electrons. The van der Waals surface area contributed by atoms with Crippen LogP contribution in [0.15, 0.2) is 48.5 Å². The maximum Gasteiger partial charge on any atom is 0.251 e. The maximum atomic E-state index is 13.2. The Morgan fingerprint density at radius 2 is 1.92 bits per heavy atom. The minimum absolute atomic E-state index is 0.0396. The van der Waals surface area contributed by atoms with Gasteiger partial charge in [-0.15, -0.1) is 0 Å². The van der Waals surface area contributed by atoms with Gasteiger partial charge in [-0.1, -0.05) is 30.3 Å². The van der Waals surface area contributed by atoms with Gasteiger partial charge in [-0.25, -0.2) is 8.78 Å². The minimum Gasteiger partial charge on any atom is -0.390 e. The van der Waals surface area contributed by atoms with E-state index in [1.807, 2.05) is 30.3 Å². The molecule has 0 aromatic heterocycles. The van der Waals surface area contributed by atoms with E-state index < -0.39 is 29.7 Å². The molecule has 6 heteroatoms. The smallest absolute Gasteiger partial charge is 0.251 e. The number of carbonyl (C=O) groups excluding carboxylic acids is 1. The molecule has 0 bridgehead atoms. The van der Waals surface area contributed by atoms with E-state index in [4.69, 9.17) is 0 Å². The van der Waals surface area contributed by atoms with E-state index in [-0.39, 0.29) is 5.56 Å². The first-order chi connectivity index (χ1) is 12.0. The summed E-state index contributed by atoms with van der Waals surface area (Å²) in [5.74, 6) is -2.57. The Morgan fingerprint density at radius 1 is 1.16 bits per heavy atom. The van der Waals surface area contributed by atoms with Crippen molar-refractivity contribution in [2.75, 3.05) is 13.1 Å². The largest absolute Gasteiger partial charge is 0.390 e. The molecule has 1 aliphatic rings. The van der Waals surface area contributed by atoms with E-state index in [9.17, 15) is 18.7 Å². The molecule has 2 aromatic carbocycles. The van der Waals surface area contributed by atoms with Crippen LogP contribution < -0.4 is 5.32 Å². The summed E-state index contributed by atoms with van der Waals surface area (Å²) < 4.78 is 26.2. The number of piperidine rings is 1. The number of benzene rings is 2. The highest BCUT2D eigenvalue weighted by Crippen LogP contribution is 2.16. The molecule has 1 heterocycles. The third-order valence-corrected chi connectivity index (χ3v) is 4.41. The Kier molecular flexibility index (Phi) is 5.40. The van der Waals surface area contributed by atoms with Gasteiger partial charge in [0.1, 0.15) is 0 Å².